The highest BCUT2D eigenvalue weighted by atomic mass is 28.4. The quantitative estimate of drug-likeness (QED) is 0.321. The predicted octanol–water partition coefficient (Wildman–Crippen LogP) is 6.38. The maximum atomic E-state index is 11.8. The Balaban J connectivity index is 2.17. The van der Waals surface area contributed by atoms with Crippen LogP contribution in [0, 0.1) is 22.7 Å². The van der Waals surface area contributed by atoms with Gasteiger partial charge in [0.15, 0.2) is 8.32 Å². The van der Waals surface area contributed by atoms with Crippen molar-refractivity contribution >= 4 is 14.6 Å². The van der Waals surface area contributed by atoms with E-state index >= 15 is 0 Å². The summed E-state index contributed by atoms with van der Waals surface area (Å²) in [5.41, 5.74) is 1.58. The molecule has 4 atom stereocenters. The highest BCUT2D eigenvalue weighted by molar-refractivity contribution is 6.74. The highest BCUT2D eigenvalue weighted by Crippen LogP contribution is 2.57. The summed E-state index contributed by atoms with van der Waals surface area (Å²) in [6.45, 7) is 19.5. The molecule has 0 amide bonds. The van der Waals surface area contributed by atoms with Gasteiger partial charge in [-0.2, -0.15) is 0 Å². The molecule has 1 saturated carbocycles. The van der Waals surface area contributed by atoms with Gasteiger partial charge < -0.3 is 9.22 Å². The van der Waals surface area contributed by atoms with Crippen LogP contribution in [-0.2, 0) is 9.22 Å². The number of allylic oxidation sites excluding steroid dienone is 2. The lowest BCUT2D eigenvalue weighted by Crippen LogP contribution is -2.46. The molecule has 0 heterocycles. The lowest BCUT2D eigenvalue weighted by molar-refractivity contribution is -0.119. The van der Waals surface area contributed by atoms with Crippen LogP contribution in [0.3, 0.4) is 0 Å². The third-order valence-corrected chi connectivity index (χ3v) is 12.6. The number of carbonyl (C=O) groups is 1. The van der Waals surface area contributed by atoms with Crippen molar-refractivity contribution in [3.63, 3.8) is 0 Å². The second-order valence-corrected chi connectivity index (χ2v) is 15.4. The van der Waals surface area contributed by atoms with Crippen LogP contribution in [0.5, 0.6) is 0 Å². The van der Waals surface area contributed by atoms with Gasteiger partial charge in [-0.3, -0.25) is 0 Å². The van der Waals surface area contributed by atoms with Crippen molar-refractivity contribution < 1.29 is 9.22 Å². The van der Waals surface area contributed by atoms with E-state index < -0.39 is 8.32 Å². The Bertz CT molecular complexity index is 531. The molecule has 0 aromatic carbocycles. The van der Waals surface area contributed by atoms with E-state index in [0.29, 0.717) is 11.8 Å². The minimum absolute atomic E-state index is 0.161. The van der Waals surface area contributed by atoms with Gasteiger partial charge in [-0.1, -0.05) is 53.2 Å². The van der Waals surface area contributed by atoms with Crippen molar-refractivity contribution in [1.29, 1.82) is 0 Å². The van der Waals surface area contributed by atoms with Crippen LogP contribution < -0.4 is 0 Å². The van der Waals surface area contributed by atoms with Crippen molar-refractivity contribution in [3.05, 3.63) is 11.6 Å². The van der Waals surface area contributed by atoms with Crippen molar-refractivity contribution in [3.8, 4) is 0 Å². The molecule has 1 fully saturated rings. The van der Waals surface area contributed by atoms with E-state index in [9.17, 15) is 4.79 Å². The van der Waals surface area contributed by atoms with Crippen LogP contribution in [-0.4, -0.2) is 21.2 Å². The van der Waals surface area contributed by atoms with Gasteiger partial charge in [0, 0.05) is 12.0 Å². The summed E-state index contributed by atoms with van der Waals surface area (Å²) in [7, 11) is -1.70. The average Bonchev–Trinajstić information content (AvgIpc) is 2.50. The first-order valence-corrected chi connectivity index (χ1v) is 13.1. The SMILES string of the molecule is C[C@@H]1CC[C@H]2C(=CCC[C@]2(C)C=O)[C@@]1(C)CCO[Si](C)(C)C(C)(C)C. The zero-order valence-corrected chi connectivity index (χ0v) is 18.9. The van der Waals surface area contributed by atoms with E-state index in [1.165, 1.54) is 19.1 Å². The molecule has 0 saturated heterocycles. The summed E-state index contributed by atoms with van der Waals surface area (Å²) in [6, 6.07) is 0. The Labute approximate surface area is 156 Å². The average molecular weight is 365 g/mol. The van der Waals surface area contributed by atoms with E-state index in [2.05, 4.69) is 60.7 Å². The van der Waals surface area contributed by atoms with Crippen LogP contribution in [0.4, 0.5) is 0 Å². The predicted molar refractivity (Wildman–Crippen MR) is 109 cm³/mol. The topological polar surface area (TPSA) is 26.3 Å². The number of aldehydes is 1. The molecule has 0 radical (unpaired) electrons. The van der Waals surface area contributed by atoms with Crippen molar-refractivity contribution in [2.45, 2.75) is 91.8 Å². The summed E-state index contributed by atoms with van der Waals surface area (Å²) >= 11 is 0. The third kappa shape index (κ3) is 3.83. The summed E-state index contributed by atoms with van der Waals surface area (Å²) in [4.78, 5) is 11.8. The standard InChI is InChI=1S/C22H40O2Si/c1-17-11-12-18-19(10-9-13-21(18,5)16-23)22(17,6)14-15-24-25(7,8)20(2,3)4/h10,16-18H,9,11-15H2,1-8H3/t17-,18+,21-,22+/m1/s1. The van der Waals surface area contributed by atoms with E-state index in [1.807, 2.05) is 0 Å². The Morgan fingerprint density at radius 3 is 2.48 bits per heavy atom. The molecule has 0 unspecified atom stereocenters. The molecule has 0 aliphatic heterocycles. The second-order valence-electron chi connectivity index (χ2n) is 10.6. The van der Waals surface area contributed by atoms with Gasteiger partial charge in [0.25, 0.3) is 0 Å². The van der Waals surface area contributed by atoms with Gasteiger partial charge in [0.1, 0.15) is 6.29 Å². The summed E-state index contributed by atoms with van der Waals surface area (Å²) in [5, 5.41) is 0.259. The number of hydrogen-bond donors (Lipinski definition) is 0. The molecule has 0 aromatic heterocycles. The largest absolute Gasteiger partial charge is 0.417 e. The number of fused-ring (bicyclic) bond motifs is 1. The van der Waals surface area contributed by atoms with Gasteiger partial charge in [-0.15, -0.1) is 0 Å². The molecule has 144 valence electrons. The number of rotatable bonds is 5. The second kappa shape index (κ2) is 6.96. The summed E-state index contributed by atoms with van der Waals surface area (Å²) in [5.74, 6) is 1.10. The Kier molecular flexibility index (Phi) is 5.81. The monoisotopic (exact) mass is 364 g/mol. The molecule has 2 aliphatic rings. The normalized spacial score (nSPS) is 36.6. The molecule has 2 nitrogen and oxygen atoms in total. The van der Waals surface area contributed by atoms with Gasteiger partial charge in [0.2, 0.25) is 0 Å². The Morgan fingerprint density at radius 1 is 1.28 bits per heavy atom. The lowest BCUT2D eigenvalue weighted by Gasteiger charge is -2.52. The minimum atomic E-state index is -1.70. The van der Waals surface area contributed by atoms with Crippen LogP contribution in [0.15, 0.2) is 11.6 Å². The van der Waals surface area contributed by atoms with Crippen molar-refractivity contribution in [2.24, 2.45) is 22.7 Å². The van der Waals surface area contributed by atoms with Crippen LogP contribution >= 0.6 is 0 Å². The number of hydrogen-bond acceptors (Lipinski definition) is 2. The van der Waals surface area contributed by atoms with Gasteiger partial charge in [-0.25, -0.2) is 0 Å². The van der Waals surface area contributed by atoms with E-state index in [0.717, 1.165) is 25.9 Å². The summed E-state index contributed by atoms with van der Waals surface area (Å²) < 4.78 is 6.51. The first kappa shape index (κ1) is 20.9. The first-order chi connectivity index (χ1) is 11.4. The molecule has 2 aliphatic carbocycles. The van der Waals surface area contributed by atoms with Crippen LogP contribution in [0.25, 0.3) is 0 Å². The van der Waals surface area contributed by atoms with E-state index in [4.69, 9.17) is 4.43 Å². The fraction of sp³-hybridized carbons (Fsp3) is 0.864. The molecular weight excluding hydrogens is 324 g/mol. The maximum absolute atomic E-state index is 11.8. The molecule has 0 aromatic rings. The maximum Gasteiger partial charge on any atom is 0.191 e. The van der Waals surface area contributed by atoms with Crippen LogP contribution in [0.2, 0.25) is 18.1 Å². The zero-order valence-electron chi connectivity index (χ0n) is 17.9. The number of carbonyl (C=O) groups excluding carboxylic acids is 1. The highest BCUT2D eigenvalue weighted by Gasteiger charge is 2.49. The summed E-state index contributed by atoms with van der Waals surface area (Å²) in [6.07, 6.45) is 9.24. The van der Waals surface area contributed by atoms with Crippen molar-refractivity contribution in [2.75, 3.05) is 6.61 Å². The zero-order chi connectivity index (χ0) is 19.1. The molecule has 3 heteroatoms. The van der Waals surface area contributed by atoms with E-state index in [1.54, 1.807) is 5.57 Å². The molecular formula is C22H40O2Si. The van der Waals surface area contributed by atoms with E-state index in [-0.39, 0.29) is 15.9 Å². The van der Waals surface area contributed by atoms with Gasteiger partial charge in [0.05, 0.1) is 0 Å². The molecule has 0 N–H and O–H groups in total. The van der Waals surface area contributed by atoms with Gasteiger partial charge >= 0.3 is 0 Å². The molecule has 2 rings (SSSR count). The smallest absolute Gasteiger partial charge is 0.191 e. The molecule has 25 heavy (non-hydrogen) atoms. The molecule has 0 spiro atoms. The van der Waals surface area contributed by atoms with Gasteiger partial charge in [-0.05, 0) is 67.5 Å². The fourth-order valence-electron chi connectivity index (χ4n) is 4.61. The van der Waals surface area contributed by atoms with Crippen molar-refractivity contribution in [1.82, 2.24) is 0 Å². The Morgan fingerprint density at radius 2 is 1.92 bits per heavy atom. The van der Waals surface area contributed by atoms with Crippen LogP contribution in [0.1, 0.15) is 73.6 Å². The Hall–Kier alpha value is -0.413. The lowest BCUT2D eigenvalue weighted by atomic mass is 9.52. The first-order valence-electron chi connectivity index (χ1n) is 10.2. The third-order valence-electron chi connectivity index (χ3n) is 8.01. The fourth-order valence-corrected chi connectivity index (χ4v) is 5.66. The molecule has 0 bridgehead atoms. The minimum Gasteiger partial charge on any atom is -0.417 e.